The molecule has 5 rings (SSSR count). The van der Waals surface area contributed by atoms with E-state index in [-0.39, 0.29) is 11.3 Å². The summed E-state index contributed by atoms with van der Waals surface area (Å²) in [5.74, 6) is 2.75. The van der Waals surface area contributed by atoms with Crippen LogP contribution in [-0.2, 0) is 16.8 Å². The van der Waals surface area contributed by atoms with E-state index < -0.39 is 0 Å². The van der Waals surface area contributed by atoms with Crippen LogP contribution in [0, 0.1) is 0 Å². The molecule has 2 saturated carbocycles. The van der Waals surface area contributed by atoms with Gasteiger partial charge in [-0.05, 0) is 43.4 Å². The molecule has 156 valence electrons. The van der Waals surface area contributed by atoms with Crippen molar-refractivity contribution in [3.8, 4) is 0 Å². The summed E-state index contributed by atoms with van der Waals surface area (Å²) >= 11 is 1.45. The number of amides is 1. The van der Waals surface area contributed by atoms with Crippen molar-refractivity contribution < 1.29 is 9.21 Å². The predicted molar refractivity (Wildman–Crippen MR) is 116 cm³/mol. The van der Waals surface area contributed by atoms with E-state index in [2.05, 4.69) is 44.3 Å². The van der Waals surface area contributed by atoms with Crippen LogP contribution in [0.15, 0.2) is 58.3 Å². The van der Waals surface area contributed by atoms with Gasteiger partial charge in [0.25, 0.3) is 0 Å². The summed E-state index contributed by atoms with van der Waals surface area (Å²) in [5.41, 5.74) is 1.43. The van der Waals surface area contributed by atoms with Gasteiger partial charge in [-0.1, -0.05) is 48.5 Å². The SMILES string of the molecule is O=C(CSc1nnc(C2CC2)n1Cc1ccco1)NCC1(c2ccccc2)CCC1. The van der Waals surface area contributed by atoms with Crippen LogP contribution in [0.3, 0.4) is 0 Å². The molecule has 2 heterocycles. The van der Waals surface area contributed by atoms with E-state index in [9.17, 15) is 4.79 Å². The van der Waals surface area contributed by atoms with E-state index in [0.717, 1.165) is 42.4 Å². The van der Waals surface area contributed by atoms with Gasteiger partial charge in [0.2, 0.25) is 5.91 Å². The Morgan fingerprint density at radius 1 is 1.17 bits per heavy atom. The molecule has 1 N–H and O–H groups in total. The first-order valence-corrected chi connectivity index (χ1v) is 11.6. The Morgan fingerprint density at radius 3 is 2.67 bits per heavy atom. The number of carbonyl (C=O) groups is 1. The Hall–Kier alpha value is -2.54. The number of nitrogens with zero attached hydrogens (tertiary/aromatic N) is 3. The van der Waals surface area contributed by atoms with E-state index in [1.54, 1.807) is 6.26 Å². The lowest BCUT2D eigenvalue weighted by atomic mass is 9.64. The number of nitrogens with one attached hydrogen (secondary N) is 1. The Kier molecular flexibility index (Phi) is 5.37. The zero-order chi connectivity index (χ0) is 20.4. The maximum atomic E-state index is 12.6. The zero-order valence-corrected chi connectivity index (χ0v) is 17.7. The van der Waals surface area contributed by atoms with Crippen LogP contribution in [0.1, 0.15) is 55.2 Å². The third-order valence-corrected chi connectivity index (χ3v) is 7.20. The maximum Gasteiger partial charge on any atom is 0.230 e. The van der Waals surface area contributed by atoms with Crippen LogP contribution in [0.25, 0.3) is 0 Å². The van der Waals surface area contributed by atoms with E-state index >= 15 is 0 Å². The van der Waals surface area contributed by atoms with Crippen molar-refractivity contribution in [2.75, 3.05) is 12.3 Å². The van der Waals surface area contributed by atoms with Crippen molar-refractivity contribution in [1.82, 2.24) is 20.1 Å². The Labute approximate surface area is 180 Å². The quantitative estimate of drug-likeness (QED) is 0.525. The largest absolute Gasteiger partial charge is 0.467 e. The number of carbonyl (C=O) groups excluding carboxylic acids is 1. The first-order valence-electron chi connectivity index (χ1n) is 10.6. The second-order valence-corrected chi connectivity index (χ2v) is 9.29. The van der Waals surface area contributed by atoms with Crippen molar-refractivity contribution in [2.45, 2.75) is 55.1 Å². The van der Waals surface area contributed by atoms with Crippen LogP contribution in [0.2, 0.25) is 0 Å². The Balaban J connectivity index is 1.21. The second kappa shape index (κ2) is 8.30. The van der Waals surface area contributed by atoms with Gasteiger partial charge in [0.05, 0.1) is 18.6 Å². The zero-order valence-electron chi connectivity index (χ0n) is 16.9. The van der Waals surface area contributed by atoms with Crippen molar-refractivity contribution in [2.24, 2.45) is 0 Å². The second-order valence-electron chi connectivity index (χ2n) is 8.35. The van der Waals surface area contributed by atoms with E-state index in [1.807, 2.05) is 18.2 Å². The fourth-order valence-electron chi connectivity index (χ4n) is 4.17. The predicted octanol–water partition coefficient (Wildman–Crippen LogP) is 4.13. The van der Waals surface area contributed by atoms with Gasteiger partial charge in [-0.15, -0.1) is 10.2 Å². The van der Waals surface area contributed by atoms with Gasteiger partial charge in [-0.2, -0.15) is 0 Å². The molecule has 7 heteroatoms. The van der Waals surface area contributed by atoms with Gasteiger partial charge < -0.3 is 9.73 Å². The normalized spacial score (nSPS) is 17.5. The molecule has 2 fully saturated rings. The molecular formula is C23H26N4O2S. The number of thioether (sulfide) groups is 1. The monoisotopic (exact) mass is 422 g/mol. The number of rotatable bonds is 9. The Bertz CT molecular complexity index is 992. The third-order valence-electron chi connectivity index (χ3n) is 6.24. The van der Waals surface area contributed by atoms with E-state index in [1.165, 1.54) is 23.7 Å². The molecule has 0 unspecified atom stereocenters. The van der Waals surface area contributed by atoms with Crippen molar-refractivity contribution in [3.63, 3.8) is 0 Å². The van der Waals surface area contributed by atoms with Crippen LogP contribution < -0.4 is 5.32 Å². The minimum Gasteiger partial charge on any atom is -0.467 e. The average Bonchev–Trinajstić information content (AvgIpc) is 3.30. The average molecular weight is 423 g/mol. The molecule has 3 aromatic rings. The summed E-state index contributed by atoms with van der Waals surface area (Å²) in [4.78, 5) is 12.6. The van der Waals surface area contributed by atoms with Gasteiger partial charge in [0.15, 0.2) is 5.16 Å². The lowest BCUT2D eigenvalue weighted by molar-refractivity contribution is -0.119. The maximum absolute atomic E-state index is 12.6. The first-order chi connectivity index (χ1) is 14.7. The highest BCUT2D eigenvalue weighted by atomic mass is 32.2. The fourth-order valence-corrected chi connectivity index (χ4v) is 4.94. The topological polar surface area (TPSA) is 73.0 Å². The van der Waals surface area contributed by atoms with Crippen LogP contribution in [0.4, 0.5) is 0 Å². The highest BCUT2D eigenvalue weighted by Gasteiger charge is 2.38. The molecule has 0 atom stereocenters. The van der Waals surface area contributed by atoms with Crippen molar-refractivity contribution in [3.05, 3.63) is 65.9 Å². The minimum absolute atomic E-state index is 0.0442. The molecule has 0 aliphatic heterocycles. The summed E-state index contributed by atoms with van der Waals surface area (Å²) in [7, 11) is 0. The molecule has 2 aromatic heterocycles. The molecule has 2 aliphatic rings. The smallest absolute Gasteiger partial charge is 0.230 e. The number of furan rings is 1. The summed E-state index contributed by atoms with van der Waals surface area (Å²) < 4.78 is 7.62. The van der Waals surface area contributed by atoms with Gasteiger partial charge in [-0.3, -0.25) is 9.36 Å². The van der Waals surface area contributed by atoms with Crippen molar-refractivity contribution >= 4 is 17.7 Å². The summed E-state index contributed by atoms with van der Waals surface area (Å²) in [6.07, 6.45) is 7.48. The summed E-state index contributed by atoms with van der Waals surface area (Å²) in [6.45, 7) is 1.30. The summed E-state index contributed by atoms with van der Waals surface area (Å²) in [5, 5.41) is 12.7. The molecule has 0 spiro atoms. The molecule has 1 amide bonds. The number of hydrogen-bond donors (Lipinski definition) is 1. The third kappa shape index (κ3) is 4.03. The van der Waals surface area contributed by atoms with Gasteiger partial charge in [-0.25, -0.2) is 0 Å². The standard InChI is InChI=1S/C23H26N4O2S/c28-20(24-16-23(11-5-12-23)18-6-2-1-3-7-18)15-30-22-26-25-21(17-9-10-17)27(22)14-19-8-4-13-29-19/h1-4,6-8,13,17H,5,9-12,14-16H2,(H,24,28). The number of hydrogen-bond acceptors (Lipinski definition) is 5. The van der Waals surface area contributed by atoms with E-state index in [4.69, 9.17) is 4.42 Å². The highest BCUT2D eigenvalue weighted by Crippen LogP contribution is 2.43. The lowest BCUT2D eigenvalue weighted by Crippen LogP contribution is -2.46. The molecular weight excluding hydrogens is 396 g/mol. The Morgan fingerprint density at radius 2 is 2.00 bits per heavy atom. The number of benzene rings is 1. The van der Waals surface area contributed by atoms with E-state index in [0.29, 0.717) is 24.8 Å². The molecule has 0 saturated heterocycles. The molecule has 0 bridgehead atoms. The molecule has 2 aliphatic carbocycles. The van der Waals surface area contributed by atoms with Gasteiger partial charge in [0.1, 0.15) is 11.6 Å². The summed E-state index contributed by atoms with van der Waals surface area (Å²) in [6, 6.07) is 14.4. The van der Waals surface area contributed by atoms with Crippen LogP contribution in [0.5, 0.6) is 0 Å². The van der Waals surface area contributed by atoms with Crippen LogP contribution >= 0.6 is 11.8 Å². The number of aromatic nitrogens is 3. The highest BCUT2D eigenvalue weighted by molar-refractivity contribution is 7.99. The van der Waals surface area contributed by atoms with Crippen LogP contribution in [-0.4, -0.2) is 33.0 Å². The van der Waals surface area contributed by atoms with Gasteiger partial charge in [0, 0.05) is 17.9 Å². The molecule has 1 aromatic carbocycles. The minimum atomic E-state index is 0.0442. The molecule has 30 heavy (non-hydrogen) atoms. The first kappa shape index (κ1) is 19.4. The molecule has 6 nitrogen and oxygen atoms in total. The van der Waals surface area contributed by atoms with Gasteiger partial charge >= 0.3 is 0 Å². The lowest BCUT2D eigenvalue weighted by Gasteiger charge is -2.42. The fraction of sp³-hybridized carbons (Fsp3) is 0.435. The molecule has 0 radical (unpaired) electrons. The van der Waals surface area contributed by atoms with Crippen molar-refractivity contribution in [1.29, 1.82) is 0 Å².